The second-order valence-electron chi connectivity index (χ2n) is 4.79. The fraction of sp³-hybridized carbons (Fsp3) is 0.235. The molecule has 2 aromatic rings. The zero-order valence-corrected chi connectivity index (χ0v) is 13.6. The van der Waals surface area contributed by atoms with Gasteiger partial charge in [0.1, 0.15) is 0 Å². The number of hydrogen-bond donors (Lipinski definition) is 1. The fourth-order valence-corrected chi connectivity index (χ4v) is 2.26. The van der Waals surface area contributed by atoms with Gasteiger partial charge in [-0.2, -0.15) is 8.78 Å². The number of benzene rings is 2. The first-order valence-electron chi connectivity index (χ1n) is 7.24. The van der Waals surface area contributed by atoms with Gasteiger partial charge < -0.3 is 14.8 Å². The van der Waals surface area contributed by atoms with E-state index in [9.17, 15) is 13.6 Å². The first kappa shape index (κ1) is 18.0. The van der Waals surface area contributed by atoms with E-state index in [1.807, 2.05) is 6.07 Å². The Labute approximate surface area is 143 Å². The maximum atomic E-state index is 12.4. The Morgan fingerprint density at radius 2 is 2.00 bits per heavy atom. The van der Waals surface area contributed by atoms with Crippen LogP contribution in [-0.2, 0) is 6.54 Å². The van der Waals surface area contributed by atoms with Crippen LogP contribution in [0.1, 0.15) is 22.8 Å². The highest BCUT2D eigenvalue weighted by atomic mass is 35.5. The summed E-state index contributed by atoms with van der Waals surface area (Å²) in [5, 5.41) is 3.31. The minimum Gasteiger partial charge on any atom is -0.490 e. The molecule has 0 spiro atoms. The lowest BCUT2D eigenvalue weighted by atomic mass is 10.1. The zero-order valence-electron chi connectivity index (χ0n) is 12.9. The molecule has 0 fully saturated rings. The van der Waals surface area contributed by atoms with Gasteiger partial charge in [-0.05, 0) is 42.8 Å². The quantitative estimate of drug-likeness (QED) is 0.806. The molecule has 2 aromatic carbocycles. The summed E-state index contributed by atoms with van der Waals surface area (Å²) in [6, 6.07) is 11.1. The number of carbonyl (C=O) groups excluding carboxylic acids is 1. The first-order chi connectivity index (χ1) is 11.5. The summed E-state index contributed by atoms with van der Waals surface area (Å²) in [5.41, 5.74) is 1.13. The Morgan fingerprint density at radius 3 is 2.67 bits per heavy atom. The number of ether oxygens (including phenoxy) is 2. The van der Waals surface area contributed by atoms with Crippen LogP contribution < -0.4 is 14.8 Å². The minimum absolute atomic E-state index is 0.0909. The van der Waals surface area contributed by atoms with Gasteiger partial charge >= 0.3 is 6.61 Å². The van der Waals surface area contributed by atoms with E-state index in [-0.39, 0.29) is 29.6 Å². The van der Waals surface area contributed by atoms with Crippen molar-refractivity contribution in [2.45, 2.75) is 20.1 Å². The summed E-state index contributed by atoms with van der Waals surface area (Å²) in [4.78, 5) is 12.2. The molecule has 0 atom stereocenters. The molecule has 128 valence electrons. The molecular weight excluding hydrogens is 340 g/mol. The second kappa shape index (κ2) is 8.49. The van der Waals surface area contributed by atoms with Crippen molar-refractivity contribution >= 4 is 17.5 Å². The molecule has 0 aromatic heterocycles. The van der Waals surface area contributed by atoms with Gasteiger partial charge in [-0.15, -0.1) is 0 Å². The second-order valence-corrected chi connectivity index (χ2v) is 5.22. The number of halogens is 3. The van der Waals surface area contributed by atoms with Gasteiger partial charge in [-0.1, -0.05) is 23.7 Å². The molecule has 0 bridgehead atoms. The third-order valence-corrected chi connectivity index (χ3v) is 3.30. The summed E-state index contributed by atoms with van der Waals surface area (Å²) in [6.07, 6.45) is 0. The van der Waals surface area contributed by atoms with E-state index in [0.29, 0.717) is 11.6 Å². The summed E-state index contributed by atoms with van der Waals surface area (Å²) in [7, 11) is 0. The van der Waals surface area contributed by atoms with Crippen molar-refractivity contribution < 1.29 is 23.0 Å². The Hall–Kier alpha value is -2.34. The predicted octanol–water partition coefficient (Wildman–Crippen LogP) is 4.27. The van der Waals surface area contributed by atoms with Crippen molar-refractivity contribution in [2.75, 3.05) is 6.61 Å². The lowest BCUT2D eigenvalue weighted by Gasteiger charge is -2.13. The van der Waals surface area contributed by atoms with Gasteiger partial charge in [0.15, 0.2) is 11.5 Å². The lowest BCUT2D eigenvalue weighted by molar-refractivity contribution is -0.0514. The average molecular weight is 356 g/mol. The molecule has 0 saturated heterocycles. The largest absolute Gasteiger partial charge is 0.490 e. The van der Waals surface area contributed by atoms with E-state index >= 15 is 0 Å². The van der Waals surface area contributed by atoms with Crippen LogP contribution in [0.15, 0.2) is 42.5 Å². The molecule has 0 heterocycles. The minimum atomic E-state index is -2.97. The number of nitrogens with one attached hydrogen (secondary N) is 1. The molecular formula is C17H16ClF2NO3. The standard InChI is InChI=1S/C17H16ClF2NO3/c1-2-23-15-9-12(6-7-14(15)24-17(19)20)16(22)21-10-11-4-3-5-13(18)8-11/h3-9,17H,2,10H2,1H3,(H,21,22). The first-order valence-corrected chi connectivity index (χ1v) is 7.61. The third kappa shape index (κ3) is 5.09. The van der Waals surface area contributed by atoms with Crippen LogP contribution in [-0.4, -0.2) is 19.1 Å². The fourth-order valence-electron chi connectivity index (χ4n) is 2.04. The van der Waals surface area contributed by atoms with Crippen molar-refractivity contribution in [2.24, 2.45) is 0 Å². The van der Waals surface area contributed by atoms with E-state index in [2.05, 4.69) is 10.1 Å². The van der Waals surface area contributed by atoms with Gasteiger partial charge in [-0.3, -0.25) is 4.79 Å². The maximum Gasteiger partial charge on any atom is 0.387 e. The molecule has 4 nitrogen and oxygen atoms in total. The van der Waals surface area contributed by atoms with Crippen LogP contribution in [0.2, 0.25) is 5.02 Å². The van der Waals surface area contributed by atoms with E-state index < -0.39 is 6.61 Å². The Morgan fingerprint density at radius 1 is 1.21 bits per heavy atom. The van der Waals surface area contributed by atoms with Crippen LogP contribution in [0.4, 0.5) is 8.78 Å². The highest BCUT2D eigenvalue weighted by Crippen LogP contribution is 2.29. The van der Waals surface area contributed by atoms with Gasteiger partial charge in [0.25, 0.3) is 5.91 Å². The van der Waals surface area contributed by atoms with Crippen LogP contribution in [0, 0.1) is 0 Å². The maximum absolute atomic E-state index is 12.4. The lowest BCUT2D eigenvalue weighted by Crippen LogP contribution is -2.22. The molecule has 0 aliphatic heterocycles. The predicted molar refractivity (Wildman–Crippen MR) is 86.9 cm³/mol. The molecule has 0 saturated carbocycles. The highest BCUT2D eigenvalue weighted by Gasteiger charge is 2.14. The summed E-state index contributed by atoms with van der Waals surface area (Å²) >= 11 is 5.89. The zero-order chi connectivity index (χ0) is 17.5. The molecule has 0 aliphatic rings. The van der Waals surface area contributed by atoms with Gasteiger partial charge in [0, 0.05) is 17.1 Å². The number of alkyl halides is 2. The van der Waals surface area contributed by atoms with Gasteiger partial charge in [0.05, 0.1) is 6.61 Å². The normalized spacial score (nSPS) is 10.5. The Balaban J connectivity index is 2.09. The van der Waals surface area contributed by atoms with Crippen molar-refractivity contribution in [1.29, 1.82) is 0 Å². The van der Waals surface area contributed by atoms with Crippen LogP contribution in [0.3, 0.4) is 0 Å². The van der Waals surface area contributed by atoms with Crippen molar-refractivity contribution in [3.8, 4) is 11.5 Å². The topological polar surface area (TPSA) is 47.6 Å². The van der Waals surface area contributed by atoms with Gasteiger partial charge in [-0.25, -0.2) is 0 Å². The molecule has 7 heteroatoms. The number of rotatable bonds is 7. The molecule has 1 amide bonds. The summed E-state index contributed by atoms with van der Waals surface area (Å²) < 4.78 is 34.4. The number of hydrogen-bond acceptors (Lipinski definition) is 3. The number of amides is 1. The van der Waals surface area contributed by atoms with Gasteiger partial charge in [0.2, 0.25) is 0 Å². The molecule has 2 rings (SSSR count). The molecule has 0 unspecified atom stereocenters. The Kier molecular flexibility index (Phi) is 6.37. The summed E-state index contributed by atoms with van der Waals surface area (Å²) in [6.45, 7) is -0.712. The monoisotopic (exact) mass is 355 g/mol. The molecule has 0 aliphatic carbocycles. The van der Waals surface area contributed by atoms with Crippen molar-refractivity contribution in [1.82, 2.24) is 5.32 Å². The summed E-state index contributed by atoms with van der Waals surface area (Å²) in [5.74, 6) is -0.383. The molecule has 24 heavy (non-hydrogen) atoms. The molecule has 1 N–H and O–H groups in total. The van der Waals surface area contributed by atoms with Crippen LogP contribution in [0.5, 0.6) is 11.5 Å². The Bertz CT molecular complexity index is 710. The van der Waals surface area contributed by atoms with E-state index in [4.69, 9.17) is 16.3 Å². The third-order valence-electron chi connectivity index (χ3n) is 3.06. The van der Waals surface area contributed by atoms with E-state index in [1.54, 1.807) is 25.1 Å². The smallest absolute Gasteiger partial charge is 0.387 e. The number of carbonyl (C=O) groups is 1. The highest BCUT2D eigenvalue weighted by molar-refractivity contribution is 6.30. The SMILES string of the molecule is CCOc1cc(C(=O)NCc2cccc(Cl)c2)ccc1OC(F)F. The molecule has 0 radical (unpaired) electrons. The van der Waals surface area contributed by atoms with Crippen molar-refractivity contribution in [3.05, 3.63) is 58.6 Å². The van der Waals surface area contributed by atoms with E-state index in [1.165, 1.54) is 18.2 Å². The van der Waals surface area contributed by atoms with Crippen LogP contribution in [0.25, 0.3) is 0 Å². The van der Waals surface area contributed by atoms with Crippen LogP contribution >= 0.6 is 11.6 Å². The average Bonchev–Trinajstić information content (AvgIpc) is 2.54. The van der Waals surface area contributed by atoms with Crippen molar-refractivity contribution in [3.63, 3.8) is 0 Å². The van der Waals surface area contributed by atoms with E-state index in [0.717, 1.165) is 5.56 Å².